The molecule has 1 aromatic heterocycles. The molecule has 0 spiro atoms. The molecule has 0 aliphatic rings. The topological polar surface area (TPSA) is 50.9 Å². The van der Waals surface area contributed by atoms with E-state index in [-0.39, 0.29) is 11.9 Å². The first-order valence-electron chi connectivity index (χ1n) is 4.99. The zero-order valence-corrected chi connectivity index (χ0v) is 11.3. The maximum absolute atomic E-state index is 13.3. The summed E-state index contributed by atoms with van der Waals surface area (Å²) in [5.41, 5.74) is 3.49. The van der Waals surface area contributed by atoms with Gasteiger partial charge in [0.15, 0.2) is 0 Å². The molecule has 1 aromatic carbocycles. The van der Waals surface area contributed by atoms with Gasteiger partial charge in [0.25, 0.3) is 0 Å². The number of rotatable bonds is 4. The summed E-state index contributed by atoms with van der Waals surface area (Å²) in [6, 6.07) is 4.60. The number of nitrogens with zero attached hydrogens (tertiary/aromatic N) is 1. The van der Waals surface area contributed by atoms with Gasteiger partial charge < -0.3 is 0 Å². The van der Waals surface area contributed by atoms with Crippen LogP contribution in [0.2, 0.25) is 0 Å². The van der Waals surface area contributed by atoms with Crippen molar-refractivity contribution in [3.8, 4) is 0 Å². The highest BCUT2D eigenvalue weighted by atomic mass is 79.9. The van der Waals surface area contributed by atoms with E-state index < -0.39 is 0 Å². The third-order valence-corrected chi connectivity index (χ3v) is 3.61. The average molecular weight is 316 g/mol. The first-order chi connectivity index (χ1) is 8.19. The van der Waals surface area contributed by atoms with Crippen LogP contribution in [-0.2, 0) is 6.42 Å². The highest BCUT2D eigenvalue weighted by Gasteiger charge is 2.13. The molecule has 0 saturated heterocycles. The Labute approximate surface area is 111 Å². The standard InChI is InChI=1S/C11H11BrFN3S/c12-8-3-7(4-9(13)5-8)10(16-14)6-11-15-1-2-17-11/h1-5,10,16H,6,14H2. The molecule has 3 N–H and O–H groups in total. The van der Waals surface area contributed by atoms with Gasteiger partial charge in [-0.25, -0.2) is 9.37 Å². The number of hydrogen-bond acceptors (Lipinski definition) is 4. The number of halogens is 2. The van der Waals surface area contributed by atoms with Crippen LogP contribution in [0.3, 0.4) is 0 Å². The van der Waals surface area contributed by atoms with Gasteiger partial charge in [-0.05, 0) is 23.8 Å². The van der Waals surface area contributed by atoms with Crippen LogP contribution in [0.4, 0.5) is 4.39 Å². The predicted octanol–water partition coefficient (Wildman–Crippen LogP) is 2.79. The van der Waals surface area contributed by atoms with Crippen molar-refractivity contribution in [2.45, 2.75) is 12.5 Å². The lowest BCUT2D eigenvalue weighted by Crippen LogP contribution is -2.29. The van der Waals surface area contributed by atoms with Crippen LogP contribution in [0.5, 0.6) is 0 Å². The second kappa shape index (κ2) is 5.68. The Balaban J connectivity index is 2.22. The van der Waals surface area contributed by atoms with Crippen molar-refractivity contribution in [2.75, 3.05) is 0 Å². The summed E-state index contributed by atoms with van der Waals surface area (Å²) in [6.45, 7) is 0. The van der Waals surface area contributed by atoms with Crippen LogP contribution in [-0.4, -0.2) is 4.98 Å². The van der Waals surface area contributed by atoms with Crippen LogP contribution < -0.4 is 11.3 Å². The van der Waals surface area contributed by atoms with Crippen molar-refractivity contribution >= 4 is 27.3 Å². The van der Waals surface area contributed by atoms with Gasteiger partial charge >= 0.3 is 0 Å². The van der Waals surface area contributed by atoms with E-state index in [1.54, 1.807) is 17.5 Å². The summed E-state index contributed by atoms with van der Waals surface area (Å²) in [6.07, 6.45) is 2.39. The SMILES string of the molecule is NNC(Cc1nccs1)c1cc(F)cc(Br)c1. The summed E-state index contributed by atoms with van der Waals surface area (Å²) in [5.74, 6) is 5.23. The minimum absolute atomic E-state index is 0.145. The summed E-state index contributed by atoms with van der Waals surface area (Å²) in [4.78, 5) is 4.19. The number of hydrazine groups is 1. The molecular formula is C11H11BrFN3S. The molecule has 2 aromatic rings. The van der Waals surface area contributed by atoms with Crippen LogP contribution in [0.25, 0.3) is 0 Å². The lowest BCUT2D eigenvalue weighted by molar-refractivity contribution is 0.543. The molecule has 0 radical (unpaired) electrons. The van der Waals surface area contributed by atoms with Crippen LogP contribution in [0.15, 0.2) is 34.2 Å². The molecule has 2 rings (SSSR count). The highest BCUT2D eigenvalue weighted by Crippen LogP contribution is 2.23. The Morgan fingerprint density at radius 2 is 2.29 bits per heavy atom. The van der Waals surface area contributed by atoms with Crippen LogP contribution >= 0.6 is 27.3 Å². The van der Waals surface area contributed by atoms with E-state index in [9.17, 15) is 4.39 Å². The lowest BCUT2D eigenvalue weighted by atomic mass is 10.0. The fourth-order valence-corrected chi connectivity index (χ4v) is 2.72. The van der Waals surface area contributed by atoms with E-state index in [0.29, 0.717) is 10.9 Å². The third kappa shape index (κ3) is 3.32. The van der Waals surface area contributed by atoms with Gasteiger partial charge in [0.2, 0.25) is 0 Å². The fourth-order valence-electron chi connectivity index (χ4n) is 1.58. The Morgan fingerprint density at radius 1 is 1.47 bits per heavy atom. The van der Waals surface area contributed by atoms with Gasteiger partial charge in [0, 0.05) is 22.5 Å². The van der Waals surface area contributed by atoms with Crippen molar-refractivity contribution in [1.29, 1.82) is 0 Å². The number of benzene rings is 1. The van der Waals surface area contributed by atoms with Gasteiger partial charge in [-0.15, -0.1) is 11.3 Å². The van der Waals surface area contributed by atoms with Crippen LogP contribution in [0.1, 0.15) is 16.6 Å². The van der Waals surface area contributed by atoms with Crippen molar-refractivity contribution in [1.82, 2.24) is 10.4 Å². The van der Waals surface area contributed by atoms with Crippen molar-refractivity contribution < 1.29 is 4.39 Å². The molecule has 17 heavy (non-hydrogen) atoms. The van der Waals surface area contributed by atoms with E-state index in [2.05, 4.69) is 26.3 Å². The molecule has 0 fully saturated rings. The van der Waals surface area contributed by atoms with Gasteiger partial charge in [-0.3, -0.25) is 11.3 Å². The van der Waals surface area contributed by atoms with Gasteiger partial charge in [0.05, 0.1) is 11.0 Å². The molecule has 0 amide bonds. The zero-order valence-electron chi connectivity index (χ0n) is 8.86. The number of nitrogens with one attached hydrogen (secondary N) is 1. The van der Waals surface area contributed by atoms with Gasteiger partial charge in [0.1, 0.15) is 5.82 Å². The number of thiazole rings is 1. The van der Waals surface area contributed by atoms with Crippen molar-refractivity contribution in [3.05, 3.63) is 50.6 Å². The molecule has 6 heteroatoms. The molecule has 0 aliphatic carbocycles. The second-order valence-electron chi connectivity index (χ2n) is 3.55. The fraction of sp³-hybridized carbons (Fsp3) is 0.182. The quantitative estimate of drug-likeness (QED) is 0.674. The molecule has 1 heterocycles. The largest absolute Gasteiger partial charge is 0.271 e. The highest BCUT2D eigenvalue weighted by molar-refractivity contribution is 9.10. The van der Waals surface area contributed by atoms with E-state index in [4.69, 9.17) is 5.84 Å². The minimum Gasteiger partial charge on any atom is -0.271 e. The smallest absolute Gasteiger partial charge is 0.124 e. The zero-order chi connectivity index (χ0) is 12.3. The number of aromatic nitrogens is 1. The molecule has 0 saturated carbocycles. The summed E-state index contributed by atoms with van der Waals surface area (Å²) in [5, 5.41) is 2.87. The summed E-state index contributed by atoms with van der Waals surface area (Å²) >= 11 is 4.82. The molecule has 90 valence electrons. The van der Waals surface area contributed by atoms with E-state index in [1.807, 2.05) is 11.4 Å². The molecule has 1 unspecified atom stereocenters. The Hall–Kier alpha value is -0.820. The van der Waals surface area contributed by atoms with Crippen LogP contribution in [0, 0.1) is 5.82 Å². The van der Waals surface area contributed by atoms with E-state index in [1.165, 1.54) is 12.1 Å². The van der Waals surface area contributed by atoms with Gasteiger partial charge in [-0.2, -0.15) is 0 Å². The molecule has 3 nitrogen and oxygen atoms in total. The second-order valence-corrected chi connectivity index (χ2v) is 5.45. The molecular weight excluding hydrogens is 305 g/mol. The van der Waals surface area contributed by atoms with E-state index in [0.717, 1.165) is 10.6 Å². The molecule has 1 atom stereocenters. The molecule has 0 aliphatic heterocycles. The first-order valence-corrected chi connectivity index (χ1v) is 6.67. The average Bonchev–Trinajstić information content (AvgIpc) is 2.77. The minimum atomic E-state index is -0.284. The van der Waals surface area contributed by atoms with Crippen molar-refractivity contribution in [3.63, 3.8) is 0 Å². The Kier molecular flexibility index (Phi) is 4.22. The normalized spacial score (nSPS) is 12.6. The maximum atomic E-state index is 13.3. The van der Waals surface area contributed by atoms with Gasteiger partial charge in [-0.1, -0.05) is 15.9 Å². The number of hydrogen-bond donors (Lipinski definition) is 2. The predicted molar refractivity (Wildman–Crippen MR) is 70.0 cm³/mol. The summed E-state index contributed by atoms with van der Waals surface area (Å²) < 4.78 is 14.0. The maximum Gasteiger partial charge on any atom is 0.124 e. The van der Waals surface area contributed by atoms with Crippen molar-refractivity contribution in [2.24, 2.45) is 5.84 Å². The van der Waals surface area contributed by atoms with E-state index >= 15 is 0 Å². The monoisotopic (exact) mass is 315 g/mol. The number of nitrogens with two attached hydrogens (primary N) is 1. The third-order valence-electron chi connectivity index (χ3n) is 2.35. The Morgan fingerprint density at radius 3 is 2.88 bits per heavy atom. The Bertz CT molecular complexity index is 469. The lowest BCUT2D eigenvalue weighted by Gasteiger charge is -2.15. The molecule has 0 bridgehead atoms. The first kappa shape index (κ1) is 12.6. The summed E-state index contributed by atoms with van der Waals surface area (Å²) in [7, 11) is 0.